The summed E-state index contributed by atoms with van der Waals surface area (Å²) in [5, 5.41) is 8.65. The lowest BCUT2D eigenvalue weighted by Crippen LogP contribution is -2.18. The highest BCUT2D eigenvalue weighted by Crippen LogP contribution is 2.25. The summed E-state index contributed by atoms with van der Waals surface area (Å²) in [4.78, 5) is 0. The summed E-state index contributed by atoms with van der Waals surface area (Å²) in [5.74, 6) is 2.88. The number of rotatable bonds is 1. The van der Waals surface area contributed by atoms with Crippen molar-refractivity contribution in [2.24, 2.45) is 5.92 Å². The SMILES string of the molecule is Cc1ccc(-c2nnc3n2CC(C)CC3)cc1. The van der Waals surface area contributed by atoms with Gasteiger partial charge in [0.15, 0.2) is 5.82 Å². The molecule has 1 unspecified atom stereocenters. The Morgan fingerprint density at radius 3 is 2.71 bits per heavy atom. The van der Waals surface area contributed by atoms with Gasteiger partial charge >= 0.3 is 0 Å². The Kier molecular flexibility index (Phi) is 2.46. The largest absolute Gasteiger partial charge is 0.311 e. The smallest absolute Gasteiger partial charge is 0.163 e. The highest BCUT2D eigenvalue weighted by Gasteiger charge is 2.20. The van der Waals surface area contributed by atoms with Gasteiger partial charge in [0.25, 0.3) is 0 Å². The molecule has 17 heavy (non-hydrogen) atoms. The Morgan fingerprint density at radius 2 is 1.94 bits per heavy atom. The van der Waals surface area contributed by atoms with E-state index >= 15 is 0 Å². The molecule has 0 saturated heterocycles. The molecule has 2 aromatic rings. The quantitative estimate of drug-likeness (QED) is 0.750. The molecular weight excluding hydrogens is 210 g/mol. The minimum atomic E-state index is 0.725. The molecular formula is C14H17N3. The standard InChI is InChI=1S/C14H17N3/c1-10-3-6-12(7-4-10)14-16-15-13-8-5-11(2)9-17(13)14/h3-4,6-7,11H,5,8-9H2,1-2H3. The van der Waals surface area contributed by atoms with Gasteiger partial charge in [0.1, 0.15) is 5.82 Å². The molecule has 3 heteroatoms. The first kappa shape index (κ1) is 10.5. The number of aromatic nitrogens is 3. The fourth-order valence-corrected chi connectivity index (χ4v) is 2.41. The maximum atomic E-state index is 4.35. The van der Waals surface area contributed by atoms with E-state index in [2.05, 4.69) is 52.9 Å². The second kappa shape index (κ2) is 3.99. The van der Waals surface area contributed by atoms with E-state index in [1.165, 1.54) is 17.5 Å². The average Bonchev–Trinajstić information content (AvgIpc) is 2.73. The van der Waals surface area contributed by atoms with Gasteiger partial charge in [-0.3, -0.25) is 0 Å². The van der Waals surface area contributed by atoms with Gasteiger partial charge in [0.05, 0.1) is 0 Å². The molecule has 0 radical (unpaired) electrons. The Labute approximate surface area is 101 Å². The zero-order valence-electron chi connectivity index (χ0n) is 10.3. The molecule has 3 nitrogen and oxygen atoms in total. The molecule has 0 bridgehead atoms. The van der Waals surface area contributed by atoms with Gasteiger partial charge in [0, 0.05) is 18.5 Å². The maximum absolute atomic E-state index is 4.35. The first-order valence-electron chi connectivity index (χ1n) is 6.23. The molecule has 0 fully saturated rings. The van der Waals surface area contributed by atoms with Crippen LogP contribution in [-0.4, -0.2) is 14.8 Å². The number of benzene rings is 1. The minimum Gasteiger partial charge on any atom is -0.311 e. The lowest BCUT2D eigenvalue weighted by atomic mass is 10.0. The number of hydrogen-bond acceptors (Lipinski definition) is 2. The topological polar surface area (TPSA) is 30.7 Å². The molecule has 1 aliphatic heterocycles. The van der Waals surface area contributed by atoms with Gasteiger partial charge in [-0.15, -0.1) is 10.2 Å². The van der Waals surface area contributed by atoms with Crippen LogP contribution in [-0.2, 0) is 13.0 Å². The molecule has 0 amide bonds. The number of hydrogen-bond donors (Lipinski definition) is 0. The third kappa shape index (κ3) is 1.86. The normalized spacial score (nSPS) is 19.1. The third-order valence-electron chi connectivity index (χ3n) is 3.49. The molecule has 0 aliphatic carbocycles. The monoisotopic (exact) mass is 227 g/mol. The van der Waals surface area contributed by atoms with Gasteiger partial charge in [-0.1, -0.05) is 36.8 Å². The molecule has 1 aliphatic rings. The van der Waals surface area contributed by atoms with Crippen LogP contribution in [0.1, 0.15) is 24.7 Å². The van der Waals surface area contributed by atoms with Crippen molar-refractivity contribution in [2.45, 2.75) is 33.2 Å². The summed E-state index contributed by atoms with van der Waals surface area (Å²) in [6, 6.07) is 8.52. The van der Waals surface area contributed by atoms with Crippen molar-refractivity contribution in [3.8, 4) is 11.4 Å². The van der Waals surface area contributed by atoms with Crippen molar-refractivity contribution in [3.63, 3.8) is 0 Å². The summed E-state index contributed by atoms with van der Waals surface area (Å²) in [7, 11) is 0. The predicted molar refractivity (Wildman–Crippen MR) is 67.7 cm³/mol. The molecule has 0 N–H and O–H groups in total. The predicted octanol–water partition coefficient (Wildman–Crippen LogP) is 2.84. The zero-order chi connectivity index (χ0) is 11.8. The lowest BCUT2D eigenvalue weighted by molar-refractivity contribution is 0.396. The highest BCUT2D eigenvalue weighted by molar-refractivity contribution is 5.55. The minimum absolute atomic E-state index is 0.725. The van der Waals surface area contributed by atoms with Crippen LogP contribution in [0.5, 0.6) is 0 Å². The Morgan fingerprint density at radius 1 is 1.18 bits per heavy atom. The highest BCUT2D eigenvalue weighted by atomic mass is 15.3. The van der Waals surface area contributed by atoms with E-state index in [9.17, 15) is 0 Å². The van der Waals surface area contributed by atoms with Gasteiger partial charge in [-0.2, -0.15) is 0 Å². The fraction of sp³-hybridized carbons (Fsp3) is 0.429. The Hall–Kier alpha value is -1.64. The lowest BCUT2D eigenvalue weighted by Gasteiger charge is -2.20. The third-order valence-corrected chi connectivity index (χ3v) is 3.49. The zero-order valence-corrected chi connectivity index (χ0v) is 10.3. The maximum Gasteiger partial charge on any atom is 0.163 e. The van der Waals surface area contributed by atoms with E-state index in [0.717, 1.165) is 30.5 Å². The summed E-state index contributed by atoms with van der Waals surface area (Å²) in [6.07, 6.45) is 2.28. The summed E-state index contributed by atoms with van der Waals surface area (Å²) < 4.78 is 2.28. The van der Waals surface area contributed by atoms with Crippen molar-refractivity contribution >= 4 is 0 Å². The first-order chi connectivity index (χ1) is 8.24. The summed E-state index contributed by atoms with van der Waals surface area (Å²) in [5.41, 5.74) is 2.45. The number of fused-ring (bicyclic) bond motifs is 1. The van der Waals surface area contributed by atoms with Crippen molar-refractivity contribution in [2.75, 3.05) is 0 Å². The van der Waals surface area contributed by atoms with Crippen LogP contribution in [0.15, 0.2) is 24.3 Å². The van der Waals surface area contributed by atoms with Crippen LogP contribution in [0.4, 0.5) is 0 Å². The van der Waals surface area contributed by atoms with E-state index in [-0.39, 0.29) is 0 Å². The van der Waals surface area contributed by atoms with Gasteiger partial charge in [-0.05, 0) is 19.3 Å². The second-order valence-corrected chi connectivity index (χ2v) is 5.06. The molecule has 1 atom stereocenters. The van der Waals surface area contributed by atoms with Crippen LogP contribution >= 0.6 is 0 Å². The molecule has 1 aromatic carbocycles. The molecule has 1 aromatic heterocycles. The van der Waals surface area contributed by atoms with E-state index in [1.54, 1.807) is 0 Å². The van der Waals surface area contributed by atoms with Crippen LogP contribution in [0.25, 0.3) is 11.4 Å². The second-order valence-electron chi connectivity index (χ2n) is 5.06. The van der Waals surface area contributed by atoms with Gasteiger partial charge < -0.3 is 4.57 Å². The van der Waals surface area contributed by atoms with Crippen molar-refractivity contribution < 1.29 is 0 Å². The van der Waals surface area contributed by atoms with Crippen LogP contribution < -0.4 is 0 Å². The Balaban J connectivity index is 2.04. The van der Waals surface area contributed by atoms with E-state index in [0.29, 0.717) is 0 Å². The van der Waals surface area contributed by atoms with Crippen LogP contribution in [0.2, 0.25) is 0 Å². The van der Waals surface area contributed by atoms with E-state index in [4.69, 9.17) is 0 Å². The van der Waals surface area contributed by atoms with E-state index < -0.39 is 0 Å². The van der Waals surface area contributed by atoms with Gasteiger partial charge in [0.2, 0.25) is 0 Å². The molecule has 2 heterocycles. The fourth-order valence-electron chi connectivity index (χ4n) is 2.41. The molecule has 88 valence electrons. The van der Waals surface area contributed by atoms with Crippen molar-refractivity contribution in [1.82, 2.24) is 14.8 Å². The van der Waals surface area contributed by atoms with Crippen LogP contribution in [0, 0.1) is 12.8 Å². The molecule has 3 rings (SSSR count). The molecule has 0 spiro atoms. The van der Waals surface area contributed by atoms with Crippen LogP contribution in [0.3, 0.4) is 0 Å². The molecule has 0 saturated carbocycles. The number of nitrogens with zero attached hydrogens (tertiary/aromatic N) is 3. The first-order valence-corrected chi connectivity index (χ1v) is 6.23. The van der Waals surface area contributed by atoms with Crippen molar-refractivity contribution in [1.29, 1.82) is 0 Å². The average molecular weight is 227 g/mol. The summed E-state index contributed by atoms with van der Waals surface area (Å²) in [6.45, 7) is 5.44. The summed E-state index contributed by atoms with van der Waals surface area (Å²) >= 11 is 0. The Bertz CT molecular complexity index is 525. The van der Waals surface area contributed by atoms with Gasteiger partial charge in [-0.25, -0.2) is 0 Å². The van der Waals surface area contributed by atoms with E-state index in [1.807, 2.05) is 0 Å². The van der Waals surface area contributed by atoms with Crippen molar-refractivity contribution in [3.05, 3.63) is 35.7 Å². The number of aryl methyl sites for hydroxylation is 2.